The van der Waals surface area contributed by atoms with Gasteiger partial charge in [0.15, 0.2) is 0 Å². The highest BCUT2D eigenvalue weighted by molar-refractivity contribution is 7.09. The summed E-state index contributed by atoms with van der Waals surface area (Å²) in [5.41, 5.74) is 0. The van der Waals surface area contributed by atoms with Crippen LogP contribution in [0.15, 0.2) is 17.5 Å². The van der Waals surface area contributed by atoms with E-state index in [2.05, 4.69) is 29.8 Å². The van der Waals surface area contributed by atoms with Crippen molar-refractivity contribution in [2.45, 2.75) is 57.7 Å². The molecule has 1 aliphatic carbocycles. The summed E-state index contributed by atoms with van der Waals surface area (Å²) in [5, 5.41) is 5.57. The largest absolute Gasteiger partial charge is 0.391 e. The van der Waals surface area contributed by atoms with Gasteiger partial charge in [-0.25, -0.2) is 0 Å². The summed E-state index contributed by atoms with van der Waals surface area (Å²) in [7, 11) is 0. The van der Waals surface area contributed by atoms with Crippen LogP contribution in [0.3, 0.4) is 0 Å². The Labute approximate surface area is 128 Å². The molecule has 1 unspecified atom stereocenters. The van der Waals surface area contributed by atoms with Gasteiger partial charge in [0.2, 0.25) is 0 Å². The lowest BCUT2D eigenvalue weighted by Crippen LogP contribution is -2.40. The van der Waals surface area contributed by atoms with Gasteiger partial charge in [0.25, 0.3) is 0 Å². The maximum absolute atomic E-state index is 12.7. The van der Waals surface area contributed by atoms with E-state index in [9.17, 15) is 13.2 Å². The molecule has 1 aliphatic rings. The van der Waals surface area contributed by atoms with Crippen LogP contribution in [-0.4, -0.2) is 18.8 Å². The Balaban J connectivity index is 1.84. The monoisotopic (exact) mass is 319 g/mol. The zero-order valence-electron chi connectivity index (χ0n) is 12.5. The van der Waals surface area contributed by atoms with Crippen molar-refractivity contribution in [3.05, 3.63) is 22.4 Å². The van der Waals surface area contributed by atoms with E-state index in [1.807, 2.05) is 0 Å². The van der Waals surface area contributed by atoms with Gasteiger partial charge in [-0.1, -0.05) is 13.0 Å². The first kappa shape index (κ1) is 16.8. The molecule has 1 fully saturated rings. The molecule has 1 heterocycles. The lowest BCUT2D eigenvalue weighted by molar-refractivity contribution is -0.184. The SMILES string of the molecule is CCNC(CCc1cccs1)C1CCC(C(F)(F)F)CC1. The van der Waals surface area contributed by atoms with Crippen LogP contribution in [0, 0.1) is 11.8 Å². The molecular formula is C16H24F3NS. The number of rotatable bonds is 6. The first-order chi connectivity index (χ1) is 10.0. The van der Waals surface area contributed by atoms with Crippen LogP contribution in [0.25, 0.3) is 0 Å². The van der Waals surface area contributed by atoms with Crippen LogP contribution in [0.5, 0.6) is 0 Å². The molecule has 2 rings (SSSR count). The van der Waals surface area contributed by atoms with E-state index >= 15 is 0 Å². The average molecular weight is 319 g/mol. The lowest BCUT2D eigenvalue weighted by atomic mass is 9.77. The van der Waals surface area contributed by atoms with Crippen molar-refractivity contribution < 1.29 is 13.2 Å². The quantitative estimate of drug-likeness (QED) is 0.775. The third kappa shape index (κ3) is 4.99. The molecule has 0 bridgehead atoms. The molecule has 0 spiro atoms. The minimum atomic E-state index is -4.00. The first-order valence-electron chi connectivity index (χ1n) is 7.83. The number of hydrogen-bond acceptors (Lipinski definition) is 2. The maximum Gasteiger partial charge on any atom is 0.391 e. The molecule has 5 heteroatoms. The van der Waals surface area contributed by atoms with E-state index in [-0.39, 0.29) is 0 Å². The van der Waals surface area contributed by atoms with Crippen molar-refractivity contribution in [1.82, 2.24) is 5.32 Å². The first-order valence-corrected chi connectivity index (χ1v) is 8.71. The van der Waals surface area contributed by atoms with Crippen LogP contribution >= 0.6 is 11.3 Å². The Morgan fingerprint density at radius 3 is 2.52 bits per heavy atom. The van der Waals surface area contributed by atoms with Crippen LogP contribution < -0.4 is 5.32 Å². The van der Waals surface area contributed by atoms with Gasteiger partial charge in [0, 0.05) is 10.9 Å². The molecular weight excluding hydrogens is 295 g/mol. The third-order valence-corrected chi connectivity index (χ3v) is 5.49. The predicted octanol–water partition coefficient (Wildman–Crippen LogP) is 5.03. The van der Waals surface area contributed by atoms with Gasteiger partial charge in [-0.3, -0.25) is 0 Å². The number of aryl methyl sites for hydroxylation is 1. The highest BCUT2D eigenvalue weighted by Crippen LogP contribution is 2.40. The summed E-state index contributed by atoms with van der Waals surface area (Å²) in [6.45, 7) is 2.95. The number of alkyl halides is 3. The van der Waals surface area contributed by atoms with Crippen molar-refractivity contribution in [3.63, 3.8) is 0 Å². The maximum atomic E-state index is 12.7. The molecule has 0 aliphatic heterocycles. The molecule has 0 radical (unpaired) electrons. The fourth-order valence-corrected chi connectivity index (χ4v) is 4.09. The molecule has 0 aromatic carbocycles. The van der Waals surface area contributed by atoms with E-state index in [0.717, 1.165) is 19.4 Å². The average Bonchev–Trinajstić information content (AvgIpc) is 2.96. The van der Waals surface area contributed by atoms with Crippen LogP contribution in [0.2, 0.25) is 0 Å². The predicted molar refractivity (Wildman–Crippen MR) is 81.6 cm³/mol. The fraction of sp³-hybridized carbons (Fsp3) is 0.750. The normalized spacial score (nSPS) is 25.0. The molecule has 0 amide bonds. The van der Waals surface area contributed by atoms with Gasteiger partial charge in [-0.15, -0.1) is 11.3 Å². The van der Waals surface area contributed by atoms with Crippen molar-refractivity contribution >= 4 is 11.3 Å². The Morgan fingerprint density at radius 2 is 2.00 bits per heavy atom. The van der Waals surface area contributed by atoms with Crippen molar-refractivity contribution in [1.29, 1.82) is 0 Å². The van der Waals surface area contributed by atoms with Crippen LogP contribution in [0.4, 0.5) is 13.2 Å². The smallest absolute Gasteiger partial charge is 0.314 e. The van der Waals surface area contributed by atoms with Gasteiger partial charge in [-0.2, -0.15) is 13.2 Å². The summed E-state index contributed by atoms with van der Waals surface area (Å²) in [5.74, 6) is -0.683. The van der Waals surface area contributed by atoms with Crippen LogP contribution in [-0.2, 0) is 6.42 Å². The van der Waals surface area contributed by atoms with Gasteiger partial charge < -0.3 is 5.32 Å². The highest BCUT2D eigenvalue weighted by Gasteiger charge is 2.42. The van der Waals surface area contributed by atoms with Crippen molar-refractivity contribution in [2.75, 3.05) is 6.54 Å². The molecule has 120 valence electrons. The Morgan fingerprint density at radius 1 is 1.29 bits per heavy atom. The summed E-state index contributed by atoms with van der Waals surface area (Å²) in [6, 6.07) is 4.54. The highest BCUT2D eigenvalue weighted by atomic mass is 32.1. The summed E-state index contributed by atoms with van der Waals surface area (Å²) < 4.78 is 38.2. The van der Waals surface area contributed by atoms with Gasteiger partial charge >= 0.3 is 6.18 Å². The Bertz CT molecular complexity index is 394. The molecule has 1 saturated carbocycles. The standard InChI is InChI=1S/C16H24F3NS/c1-2-20-15(10-9-14-4-3-11-21-14)12-5-7-13(8-6-12)16(17,18)19/h3-4,11-13,15,20H,2,5-10H2,1H3. The second kappa shape index (κ2) is 7.63. The molecule has 21 heavy (non-hydrogen) atoms. The zero-order valence-corrected chi connectivity index (χ0v) is 13.3. The number of hydrogen-bond donors (Lipinski definition) is 1. The van der Waals surface area contributed by atoms with Crippen molar-refractivity contribution in [2.24, 2.45) is 11.8 Å². The zero-order chi connectivity index (χ0) is 15.3. The second-order valence-corrected chi connectivity index (χ2v) is 6.97. The molecule has 0 saturated heterocycles. The van der Waals surface area contributed by atoms with E-state index in [1.165, 1.54) is 4.88 Å². The minimum Gasteiger partial charge on any atom is -0.314 e. The summed E-state index contributed by atoms with van der Waals surface area (Å²) in [4.78, 5) is 1.36. The van der Waals surface area contributed by atoms with Crippen molar-refractivity contribution in [3.8, 4) is 0 Å². The molecule has 1 nitrogen and oxygen atoms in total. The van der Waals surface area contributed by atoms with Gasteiger partial charge in [0.1, 0.15) is 0 Å². The molecule has 1 aromatic heterocycles. The van der Waals surface area contributed by atoms with Crippen LogP contribution in [0.1, 0.15) is 43.9 Å². The van der Waals surface area contributed by atoms with E-state index in [1.54, 1.807) is 11.3 Å². The lowest BCUT2D eigenvalue weighted by Gasteiger charge is -2.35. The fourth-order valence-electron chi connectivity index (χ4n) is 3.37. The Hall–Kier alpha value is -0.550. The van der Waals surface area contributed by atoms with E-state index < -0.39 is 12.1 Å². The second-order valence-electron chi connectivity index (χ2n) is 5.94. The molecule has 1 aromatic rings. The van der Waals surface area contributed by atoms with Gasteiger partial charge in [0.05, 0.1) is 5.92 Å². The van der Waals surface area contributed by atoms with Gasteiger partial charge in [-0.05, 0) is 62.4 Å². The Kier molecular flexibility index (Phi) is 6.11. The number of thiophene rings is 1. The molecule has 1 atom stereocenters. The minimum absolute atomic E-state index is 0.301. The summed E-state index contributed by atoms with van der Waals surface area (Å²) in [6.07, 6.45) is 0.0442. The van der Waals surface area contributed by atoms with E-state index in [0.29, 0.717) is 37.6 Å². The topological polar surface area (TPSA) is 12.0 Å². The third-order valence-electron chi connectivity index (χ3n) is 4.55. The number of nitrogens with one attached hydrogen (secondary N) is 1. The molecule has 1 N–H and O–H groups in total. The summed E-state index contributed by atoms with van der Waals surface area (Å²) >= 11 is 1.76. The van der Waals surface area contributed by atoms with E-state index in [4.69, 9.17) is 0 Å². The number of halogens is 3.